The lowest BCUT2D eigenvalue weighted by Gasteiger charge is -2.34. The van der Waals surface area contributed by atoms with Crippen LogP contribution in [0.2, 0.25) is 0 Å². The molecule has 0 aliphatic heterocycles. The molecule has 0 bridgehead atoms. The summed E-state index contributed by atoms with van der Waals surface area (Å²) in [6.07, 6.45) is 2.99. The van der Waals surface area contributed by atoms with Gasteiger partial charge in [-0.3, -0.25) is 0 Å². The summed E-state index contributed by atoms with van der Waals surface area (Å²) in [5, 5.41) is 4.72. The van der Waals surface area contributed by atoms with Crippen molar-refractivity contribution >= 4 is 24.2 Å². The van der Waals surface area contributed by atoms with Gasteiger partial charge >= 0.3 is 0 Å². The highest BCUT2D eigenvalue weighted by molar-refractivity contribution is 7.98. The van der Waals surface area contributed by atoms with E-state index in [1.54, 1.807) is 0 Å². The topological polar surface area (TPSA) is 90.7 Å². The highest BCUT2D eigenvalue weighted by Crippen LogP contribution is 2.37. The van der Waals surface area contributed by atoms with Gasteiger partial charge in [0.2, 0.25) is 5.89 Å². The molecule has 0 amide bonds. The van der Waals surface area contributed by atoms with E-state index in [0.717, 1.165) is 35.8 Å². The fourth-order valence-corrected chi connectivity index (χ4v) is 2.97. The van der Waals surface area contributed by atoms with E-state index in [0.29, 0.717) is 17.5 Å². The second-order valence-corrected chi connectivity index (χ2v) is 6.19. The van der Waals surface area contributed by atoms with Crippen molar-refractivity contribution in [2.45, 2.75) is 49.6 Å². The minimum absolute atomic E-state index is 0. The van der Waals surface area contributed by atoms with Crippen molar-refractivity contribution in [2.24, 2.45) is 5.73 Å². The molecular weight excluding hydrogens is 310 g/mol. The number of aromatic nitrogens is 4. The Balaban J connectivity index is 0.00000161. The van der Waals surface area contributed by atoms with E-state index in [9.17, 15) is 0 Å². The van der Waals surface area contributed by atoms with Gasteiger partial charge in [0.25, 0.3) is 0 Å². The molecule has 2 N–H and O–H groups in total. The Labute approximate surface area is 133 Å². The van der Waals surface area contributed by atoms with Crippen LogP contribution >= 0.6 is 24.2 Å². The van der Waals surface area contributed by atoms with Gasteiger partial charge in [0, 0.05) is 11.4 Å². The molecule has 0 atom stereocenters. The van der Waals surface area contributed by atoms with Crippen molar-refractivity contribution < 1.29 is 4.52 Å². The monoisotopic (exact) mass is 327 g/mol. The molecule has 1 aliphatic carbocycles. The van der Waals surface area contributed by atoms with Crippen LogP contribution in [0.3, 0.4) is 0 Å². The van der Waals surface area contributed by atoms with Crippen LogP contribution in [0.25, 0.3) is 0 Å². The Kier molecular flexibility index (Phi) is 4.85. The molecule has 0 radical (unpaired) electrons. The second kappa shape index (κ2) is 6.29. The van der Waals surface area contributed by atoms with E-state index in [1.807, 2.05) is 19.9 Å². The van der Waals surface area contributed by atoms with Gasteiger partial charge in [-0.25, -0.2) is 9.97 Å². The molecule has 1 saturated carbocycles. The molecule has 114 valence electrons. The number of hydrogen-bond acceptors (Lipinski definition) is 7. The molecule has 21 heavy (non-hydrogen) atoms. The SMILES string of the molecule is Cc1cc(C)nc(SCc2nc(C3(N)CCC3)no2)n1.Cl. The quantitative estimate of drug-likeness (QED) is 0.681. The molecule has 8 heteroatoms. The van der Waals surface area contributed by atoms with Crippen LogP contribution in [0.5, 0.6) is 0 Å². The van der Waals surface area contributed by atoms with Crippen molar-refractivity contribution in [1.29, 1.82) is 0 Å². The number of nitrogens with two attached hydrogens (primary N) is 1. The van der Waals surface area contributed by atoms with Gasteiger partial charge in [0.15, 0.2) is 11.0 Å². The summed E-state index contributed by atoms with van der Waals surface area (Å²) in [7, 11) is 0. The first kappa shape index (κ1) is 16.2. The lowest BCUT2D eigenvalue weighted by atomic mass is 9.77. The molecule has 1 fully saturated rings. The number of thioether (sulfide) groups is 1. The predicted molar refractivity (Wildman–Crippen MR) is 82.3 cm³/mol. The van der Waals surface area contributed by atoms with Crippen molar-refractivity contribution in [3.63, 3.8) is 0 Å². The maximum atomic E-state index is 6.17. The average Bonchev–Trinajstić information content (AvgIpc) is 2.81. The van der Waals surface area contributed by atoms with Crippen molar-refractivity contribution in [3.05, 3.63) is 29.2 Å². The van der Waals surface area contributed by atoms with E-state index >= 15 is 0 Å². The standard InChI is InChI=1S/C13H17N5OS.ClH/c1-8-6-9(2)16-12(15-8)20-7-10-17-11(18-19-10)13(14)4-3-5-13;/h6H,3-5,7,14H2,1-2H3;1H. The first-order valence-corrected chi connectivity index (χ1v) is 7.61. The smallest absolute Gasteiger partial charge is 0.237 e. The average molecular weight is 328 g/mol. The lowest BCUT2D eigenvalue weighted by molar-refractivity contribution is 0.229. The molecule has 0 unspecified atom stereocenters. The van der Waals surface area contributed by atoms with Crippen LogP contribution in [-0.4, -0.2) is 20.1 Å². The Morgan fingerprint density at radius 2 is 1.90 bits per heavy atom. The molecule has 1 aliphatic rings. The first-order valence-electron chi connectivity index (χ1n) is 6.62. The van der Waals surface area contributed by atoms with E-state index in [-0.39, 0.29) is 17.9 Å². The summed E-state index contributed by atoms with van der Waals surface area (Å²) in [5.41, 5.74) is 7.72. The molecular formula is C13H18ClN5OS. The molecule has 2 heterocycles. The summed E-state index contributed by atoms with van der Waals surface area (Å²) in [6.45, 7) is 3.91. The number of aryl methyl sites for hydroxylation is 2. The van der Waals surface area contributed by atoms with Gasteiger partial charge < -0.3 is 10.3 Å². The predicted octanol–water partition coefficient (Wildman–Crippen LogP) is 2.53. The maximum absolute atomic E-state index is 6.17. The van der Waals surface area contributed by atoms with Crippen LogP contribution in [0.15, 0.2) is 15.7 Å². The summed E-state index contributed by atoms with van der Waals surface area (Å²) in [6, 6.07) is 1.95. The normalized spacial score (nSPS) is 16.1. The number of nitrogens with zero attached hydrogens (tertiary/aromatic N) is 4. The molecule has 0 saturated heterocycles. The third-order valence-electron chi connectivity index (χ3n) is 3.45. The highest BCUT2D eigenvalue weighted by atomic mass is 35.5. The van der Waals surface area contributed by atoms with E-state index in [4.69, 9.17) is 10.3 Å². The van der Waals surface area contributed by atoms with Gasteiger partial charge in [0.1, 0.15) is 0 Å². The van der Waals surface area contributed by atoms with E-state index in [2.05, 4.69) is 20.1 Å². The summed E-state index contributed by atoms with van der Waals surface area (Å²) >= 11 is 1.49. The van der Waals surface area contributed by atoms with Crippen LogP contribution in [0.1, 0.15) is 42.4 Å². The number of halogens is 1. The highest BCUT2D eigenvalue weighted by Gasteiger charge is 2.38. The van der Waals surface area contributed by atoms with Crippen molar-refractivity contribution in [3.8, 4) is 0 Å². The second-order valence-electron chi connectivity index (χ2n) is 5.24. The zero-order valence-electron chi connectivity index (χ0n) is 12.0. The van der Waals surface area contributed by atoms with Crippen LogP contribution in [0, 0.1) is 13.8 Å². The van der Waals surface area contributed by atoms with Gasteiger partial charge in [-0.15, -0.1) is 12.4 Å². The summed E-state index contributed by atoms with van der Waals surface area (Å²) in [5.74, 6) is 1.76. The summed E-state index contributed by atoms with van der Waals surface area (Å²) in [4.78, 5) is 13.1. The Morgan fingerprint density at radius 3 is 2.48 bits per heavy atom. The molecule has 2 aromatic rings. The number of rotatable bonds is 4. The maximum Gasteiger partial charge on any atom is 0.237 e. The van der Waals surface area contributed by atoms with Crippen LogP contribution in [-0.2, 0) is 11.3 Å². The Hall–Kier alpha value is -1.18. The van der Waals surface area contributed by atoms with Crippen molar-refractivity contribution in [1.82, 2.24) is 20.1 Å². The molecule has 0 aromatic carbocycles. The first-order chi connectivity index (χ1) is 9.55. The minimum Gasteiger partial charge on any atom is -0.338 e. The van der Waals surface area contributed by atoms with Crippen LogP contribution in [0.4, 0.5) is 0 Å². The van der Waals surface area contributed by atoms with Gasteiger partial charge in [0.05, 0.1) is 11.3 Å². The minimum atomic E-state index is -0.372. The van der Waals surface area contributed by atoms with Gasteiger partial charge in [-0.2, -0.15) is 4.98 Å². The Morgan fingerprint density at radius 1 is 1.24 bits per heavy atom. The zero-order chi connectivity index (χ0) is 14.2. The molecule has 6 nitrogen and oxygen atoms in total. The Bertz CT molecular complexity index is 609. The van der Waals surface area contributed by atoms with E-state index in [1.165, 1.54) is 11.8 Å². The van der Waals surface area contributed by atoms with Crippen molar-refractivity contribution in [2.75, 3.05) is 0 Å². The molecule has 2 aromatic heterocycles. The summed E-state index contributed by atoms with van der Waals surface area (Å²) < 4.78 is 5.25. The number of hydrogen-bond donors (Lipinski definition) is 1. The molecule has 0 spiro atoms. The van der Waals surface area contributed by atoms with E-state index < -0.39 is 0 Å². The molecule has 3 rings (SSSR count). The van der Waals surface area contributed by atoms with Gasteiger partial charge in [-0.1, -0.05) is 16.9 Å². The lowest BCUT2D eigenvalue weighted by Crippen LogP contribution is -2.44. The zero-order valence-corrected chi connectivity index (χ0v) is 13.6. The fourth-order valence-electron chi connectivity index (χ4n) is 2.18. The third kappa shape index (κ3) is 3.53. The third-order valence-corrected chi connectivity index (χ3v) is 4.28. The fraction of sp³-hybridized carbons (Fsp3) is 0.538. The van der Waals surface area contributed by atoms with Gasteiger partial charge in [-0.05, 0) is 39.2 Å². The van der Waals surface area contributed by atoms with Crippen LogP contribution < -0.4 is 5.73 Å². The largest absolute Gasteiger partial charge is 0.338 e.